The van der Waals surface area contributed by atoms with Crippen molar-refractivity contribution in [1.82, 2.24) is 45.4 Å². The van der Waals surface area contributed by atoms with Crippen LogP contribution in [0.3, 0.4) is 0 Å². The number of nitrogens with zero attached hydrogens (tertiary/aromatic N) is 8. The van der Waals surface area contributed by atoms with Gasteiger partial charge in [0.15, 0.2) is 0 Å². The number of phenols is 1. The number of hydrogen-bond acceptors (Lipinski definition) is 16. The van der Waals surface area contributed by atoms with Crippen LogP contribution in [-0.2, 0) is 42.5 Å². The number of esters is 1. The van der Waals surface area contributed by atoms with E-state index in [9.17, 15) is 72.2 Å². The zero-order chi connectivity index (χ0) is 64.6. The highest BCUT2D eigenvalue weighted by molar-refractivity contribution is 5.90. The Morgan fingerprint density at radius 1 is 0.466 bits per heavy atom. The first-order valence-electron chi connectivity index (χ1n) is 24.6. The smallest absolute Gasteiger partial charge is 0.416 e. The summed E-state index contributed by atoms with van der Waals surface area (Å²) in [4.78, 5) is 34.3. The second kappa shape index (κ2) is 28.8. The summed E-state index contributed by atoms with van der Waals surface area (Å²) in [5, 5.41) is 50.5. The lowest BCUT2D eigenvalue weighted by Crippen LogP contribution is -2.09. The first-order chi connectivity index (χ1) is 41.5. The highest BCUT2D eigenvalue weighted by Gasteiger charge is 2.33. The third-order valence-corrected chi connectivity index (χ3v) is 11.1. The lowest BCUT2D eigenvalue weighted by Gasteiger charge is -2.11. The van der Waals surface area contributed by atoms with Crippen LogP contribution >= 0.6 is 0 Å². The molecule has 9 rings (SSSR count). The Morgan fingerprint density at radius 3 is 1.15 bits per heavy atom. The molecule has 0 bridgehead atoms. The van der Waals surface area contributed by atoms with Crippen molar-refractivity contribution in [3.8, 4) is 52.1 Å². The summed E-state index contributed by atoms with van der Waals surface area (Å²) in [7, 11) is 3.08. The number of aromatic nitrogens is 9. The molecule has 3 heterocycles. The number of hydrogen-bond donors (Lipinski definition) is 4. The molecule has 6 aromatic carbocycles. The summed E-state index contributed by atoms with van der Waals surface area (Å²) in [6.07, 6.45) is -17.7. The predicted octanol–water partition coefficient (Wildman–Crippen LogP) is 12.9. The van der Waals surface area contributed by atoms with Gasteiger partial charge < -0.3 is 43.7 Å². The summed E-state index contributed by atoms with van der Waals surface area (Å²) < 4.78 is 183. The number of phenolic OH excluding ortho intramolecular Hbond substituents is 1. The van der Waals surface area contributed by atoms with Crippen LogP contribution in [0, 0.1) is 0 Å². The first-order valence-corrected chi connectivity index (χ1v) is 24.6. The van der Waals surface area contributed by atoms with Crippen molar-refractivity contribution in [2.75, 3.05) is 20.8 Å². The Morgan fingerprint density at radius 2 is 0.807 bits per heavy atom. The third kappa shape index (κ3) is 18.8. The van der Waals surface area contributed by atoms with Gasteiger partial charge in [0.25, 0.3) is 17.6 Å². The van der Waals surface area contributed by atoms with Crippen LogP contribution in [0.1, 0.15) is 71.8 Å². The van der Waals surface area contributed by atoms with Crippen LogP contribution in [0.15, 0.2) is 146 Å². The van der Waals surface area contributed by atoms with Gasteiger partial charge >= 0.3 is 42.6 Å². The lowest BCUT2D eigenvalue weighted by molar-refractivity contribution is -0.138. The van der Waals surface area contributed by atoms with Crippen molar-refractivity contribution in [3.63, 3.8) is 0 Å². The standard InChI is InChI=1S/C20H18F3N3O4.C18H14F3N3O4.C10H6F3N3O3.C7H5F3O/c1-3-29-19(27)17-18(30-16-10-6-14(7-11-16)20(21,22)23)26(25-24-17)12-13-4-8-15(28-2)9-5-13;1-27-13-6-2-11(3-7-13)10-24-16(15(17(25)26)22-23-24)28-14-8-4-12(5-9-14)18(19,20)21;11-10(12,13)5-1-3-6(4-2-5)19-8-7(9(17)18)14-16-15-8;8-7(9,10)5-1-3-6(11)4-2-5/h4-11H,3,12H2,1-2H3;2-9H,10H2,1H3,(H,25,26);1-4H,(H,17,18)(H,14,15,16);1-4,11H. The van der Waals surface area contributed by atoms with Gasteiger partial charge in [0.2, 0.25) is 17.1 Å². The fourth-order valence-corrected chi connectivity index (χ4v) is 6.84. The second-order valence-corrected chi connectivity index (χ2v) is 17.2. The van der Waals surface area contributed by atoms with Crippen molar-refractivity contribution in [2.24, 2.45) is 0 Å². The molecule has 0 aliphatic heterocycles. The molecule has 88 heavy (non-hydrogen) atoms. The zero-order valence-electron chi connectivity index (χ0n) is 45.1. The van der Waals surface area contributed by atoms with Crippen molar-refractivity contribution < 1.29 is 111 Å². The topological polar surface area (TPSA) is 270 Å². The number of carbonyl (C=O) groups is 3. The maximum absolute atomic E-state index is 12.8. The molecule has 0 aliphatic rings. The fourth-order valence-electron chi connectivity index (χ4n) is 6.84. The number of carboxylic acid groups (broad SMARTS) is 2. The number of carbonyl (C=O) groups excluding carboxylic acids is 1. The number of aromatic carboxylic acids is 2. The molecule has 9 aromatic rings. The van der Waals surface area contributed by atoms with Crippen LogP contribution in [0.4, 0.5) is 52.7 Å². The van der Waals surface area contributed by atoms with Crippen molar-refractivity contribution in [1.29, 1.82) is 0 Å². The van der Waals surface area contributed by atoms with E-state index in [4.69, 9.17) is 38.6 Å². The molecular weight excluding hydrogens is 1210 g/mol. The minimum Gasteiger partial charge on any atom is -0.508 e. The van der Waals surface area contributed by atoms with Gasteiger partial charge in [-0.1, -0.05) is 45.0 Å². The number of alkyl halides is 12. The minimum atomic E-state index is -4.48. The van der Waals surface area contributed by atoms with E-state index in [1.807, 2.05) is 0 Å². The number of methoxy groups -OCH3 is 2. The van der Waals surface area contributed by atoms with E-state index in [1.54, 1.807) is 62.6 Å². The molecule has 4 N–H and O–H groups in total. The van der Waals surface area contributed by atoms with Crippen molar-refractivity contribution in [3.05, 3.63) is 196 Å². The Hall–Kier alpha value is -10.9. The Bertz CT molecular complexity index is 3730. The summed E-state index contributed by atoms with van der Waals surface area (Å²) in [6.45, 7) is 2.09. The van der Waals surface area contributed by atoms with E-state index in [0.717, 1.165) is 108 Å². The molecule has 0 amide bonds. The molecule has 0 saturated carbocycles. The van der Waals surface area contributed by atoms with Gasteiger partial charge in [-0.15, -0.1) is 10.2 Å². The van der Waals surface area contributed by atoms with Crippen LogP contribution in [-0.4, -0.2) is 99.5 Å². The molecule has 3 aromatic heterocycles. The summed E-state index contributed by atoms with van der Waals surface area (Å²) in [5.74, 6) is -2.74. The van der Waals surface area contributed by atoms with E-state index in [-0.39, 0.29) is 71.7 Å². The highest BCUT2D eigenvalue weighted by Crippen LogP contribution is 2.36. The van der Waals surface area contributed by atoms with E-state index < -0.39 is 70.6 Å². The number of nitrogens with one attached hydrogen (secondary N) is 1. The second-order valence-electron chi connectivity index (χ2n) is 17.2. The highest BCUT2D eigenvalue weighted by atomic mass is 19.4. The number of rotatable bonds is 16. The first kappa shape index (κ1) is 66.3. The number of benzene rings is 6. The predicted molar refractivity (Wildman–Crippen MR) is 278 cm³/mol. The van der Waals surface area contributed by atoms with Gasteiger partial charge in [0.1, 0.15) is 34.5 Å². The van der Waals surface area contributed by atoms with Gasteiger partial charge in [0, 0.05) is 0 Å². The molecule has 0 fully saturated rings. The average Bonchev–Trinajstić information content (AvgIpc) is 2.08. The molecular formula is C55H43F12N9O12. The van der Waals surface area contributed by atoms with Crippen LogP contribution in [0.2, 0.25) is 0 Å². The Labute approximate surface area is 486 Å². The van der Waals surface area contributed by atoms with E-state index in [1.165, 1.54) is 16.5 Å². The van der Waals surface area contributed by atoms with Crippen LogP contribution in [0.5, 0.6) is 52.1 Å². The molecule has 21 nitrogen and oxygen atoms in total. The number of H-pyrrole nitrogens is 1. The fraction of sp³-hybridized carbons (Fsp3) is 0.182. The van der Waals surface area contributed by atoms with Gasteiger partial charge in [-0.25, -0.2) is 28.8 Å². The van der Waals surface area contributed by atoms with Crippen LogP contribution in [0.25, 0.3) is 0 Å². The average molecular weight is 1250 g/mol. The van der Waals surface area contributed by atoms with Gasteiger partial charge in [-0.3, -0.25) is 0 Å². The summed E-state index contributed by atoms with van der Waals surface area (Å²) in [6, 6.07) is 29.4. The third-order valence-electron chi connectivity index (χ3n) is 11.1. The molecule has 0 spiro atoms. The monoisotopic (exact) mass is 1250 g/mol. The quantitative estimate of drug-likeness (QED) is 0.0517. The summed E-state index contributed by atoms with van der Waals surface area (Å²) in [5.41, 5.74) is -2.69. The van der Waals surface area contributed by atoms with E-state index in [0.29, 0.717) is 11.5 Å². The van der Waals surface area contributed by atoms with Gasteiger partial charge in [0.05, 0.1) is 56.2 Å². The molecule has 0 saturated heterocycles. The maximum atomic E-state index is 12.8. The largest absolute Gasteiger partial charge is 0.508 e. The van der Waals surface area contributed by atoms with E-state index in [2.05, 4.69) is 36.0 Å². The number of aromatic hydroxyl groups is 1. The lowest BCUT2D eigenvalue weighted by atomic mass is 10.2. The van der Waals surface area contributed by atoms with Gasteiger partial charge in [-0.2, -0.15) is 52.7 Å². The number of halogens is 12. The zero-order valence-corrected chi connectivity index (χ0v) is 45.1. The molecule has 464 valence electrons. The normalized spacial score (nSPS) is 11.3. The number of ether oxygens (including phenoxy) is 6. The molecule has 0 radical (unpaired) electrons. The Balaban J connectivity index is 0.000000197. The summed E-state index contributed by atoms with van der Waals surface area (Å²) >= 11 is 0. The van der Waals surface area contributed by atoms with E-state index >= 15 is 0 Å². The molecule has 0 atom stereocenters. The molecule has 33 heteroatoms. The SMILES string of the molecule is CCOC(=O)c1nnn(Cc2ccc(OC)cc2)c1Oc1ccc(C(F)(F)F)cc1.COc1ccc(Cn2nnc(C(=O)O)c2Oc2ccc(C(F)(F)F)cc2)cc1.O=C(O)c1[nH]nnc1Oc1ccc(C(F)(F)F)cc1.Oc1ccc(C(F)(F)F)cc1. The number of aromatic amines is 1. The molecule has 0 unspecified atom stereocenters. The maximum Gasteiger partial charge on any atom is 0.416 e. The molecule has 0 aliphatic carbocycles. The van der Waals surface area contributed by atoms with Crippen molar-refractivity contribution in [2.45, 2.75) is 44.7 Å². The van der Waals surface area contributed by atoms with Crippen molar-refractivity contribution >= 4 is 17.9 Å². The van der Waals surface area contributed by atoms with Crippen LogP contribution < -0.4 is 23.7 Å². The minimum absolute atomic E-state index is 0.0180. The Kier molecular flexibility index (Phi) is 21.7. The van der Waals surface area contributed by atoms with Gasteiger partial charge in [-0.05, 0) is 139 Å². The number of carboxylic acids is 2.